The topological polar surface area (TPSA) is 20.2 Å². The van der Waals surface area contributed by atoms with E-state index in [2.05, 4.69) is 13.0 Å². The standard InChI is InChI=1S/C9H14OS/c1-3-4-8-5-6-9(11-8)7(2)10/h5-7,10H,3-4H2,1-2H3/t7-/m0/s1. The summed E-state index contributed by atoms with van der Waals surface area (Å²) in [6.45, 7) is 3.98. The first kappa shape index (κ1) is 8.75. The van der Waals surface area contributed by atoms with E-state index >= 15 is 0 Å². The maximum atomic E-state index is 9.22. The van der Waals surface area contributed by atoms with Crippen molar-refractivity contribution >= 4 is 11.3 Å². The average molecular weight is 170 g/mol. The van der Waals surface area contributed by atoms with Crippen LogP contribution in [0.5, 0.6) is 0 Å². The maximum absolute atomic E-state index is 9.22. The van der Waals surface area contributed by atoms with Crippen LogP contribution in [0.3, 0.4) is 0 Å². The second-order valence-electron chi connectivity index (χ2n) is 2.73. The van der Waals surface area contributed by atoms with Crippen LogP contribution < -0.4 is 0 Å². The van der Waals surface area contributed by atoms with Crippen molar-refractivity contribution in [3.05, 3.63) is 21.9 Å². The first-order chi connectivity index (χ1) is 5.24. The van der Waals surface area contributed by atoms with Crippen molar-refractivity contribution in [1.29, 1.82) is 0 Å². The molecule has 62 valence electrons. The van der Waals surface area contributed by atoms with Crippen LogP contribution in [-0.2, 0) is 6.42 Å². The van der Waals surface area contributed by atoms with E-state index in [4.69, 9.17) is 0 Å². The highest BCUT2D eigenvalue weighted by Gasteiger charge is 2.03. The van der Waals surface area contributed by atoms with Gasteiger partial charge in [0.25, 0.3) is 0 Å². The fraction of sp³-hybridized carbons (Fsp3) is 0.556. The molecule has 0 saturated heterocycles. The first-order valence-corrected chi connectivity index (χ1v) is 4.82. The zero-order valence-electron chi connectivity index (χ0n) is 7.00. The third-order valence-electron chi connectivity index (χ3n) is 1.59. The fourth-order valence-corrected chi connectivity index (χ4v) is 2.05. The molecule has 1 heterocycles. The Kier molecular flexibility index (Phi) is 3.09. The minimum absolute atomic E-state index is 0.300. The highest BCUT2D eigenvalue weighted by Crippen LogP contribution is 2.23. The highest BCUT2D eigenvalue weighted by atomic mass is 32.1. The van der Waals surface area contributed by atoms with Crippen LogP contribution in [0.4, 0.5) is 0 Å². The predicted octanol–water partition coefficient (Wildman–Crippen LogP) is 2.75. The Hall–Kier alpha value is -0.340. The number of aryl methyl sites for hydroxylation is 1. The summed E-state index contributed by atoms with van der Waals surface area (Å²) < 4.78 is 0. The molecule has 0 saturated carbocycles. The summed E-state index contributed by atoms with van der Waals surface area (Å²) in [5, 5.41) is 9.22. The van der Waals surface area contributed by atoms with Gasteiger partial charge in [0.15, 0.2) is 0 Å². The quantitative estimate of drug-likeness (QED) is 0.739. The van der Waals surface area contributed by atoms with Crippen molar-refractivity contribution in [2.24, 2.45) is 0 Å². The number of aliphatic hydroxyl groups is 1. The molecule has 1 N–H and O–H groups in total. The Morgan fingerprint density at radius 1 is 1.55 bits per heavy atom. The number of aliphatic hydroxyl groups excluding tert-OH is 1. The zero-order chi connectivity index (χ0) is 8.27. The van der Waals surface area contributed by atoms with E-state index in [1.54, 1.807) is 11.3 Å². The molecule has 0 aliphatic carbocycles. The van der Waals surface area contributed by atoms with Gasteiger partial charge < -0.3 is 5.11 Å². The third kappa shape index (κ3) is 2.31. The summed E-state index contributed by atoms with van der Waals surface area (Å²) in [4.78, 5) is 2.46. The smallest absolute Gasteiger partial charge is 0.0854 e. The van der Waals surface area contributed by atoms with Gasteiger partial charge in [0, 0.05) is 9.75 Å². The van der Waals surface area contributed by atoms with Gasteiger partial charge in [-0.05, 0) is 25.5 Å². The van der Waals surface area contributed by atoms with Gasteiger partial charge in [-0.3, -0.25) is 0 Å². The molecular weight excluding hydrogens is 156 g/mol. The molecule has 2 heteroatoms. The Bertz CT molecular complexity index is 215. The van der Waals surface area contributed by atoms with Gasteiger partial charge in [0.2, 0.25) is 0 Å². The molecule has 0 aromatic carbocycles. The molecule has 0 spiro atoms. The third-order valence-corrected chi connectivity index (χ3v) is 2.91. The molecule has 1 aromatic rings. The van der Waals surface area contributed by atoms with E-state index in [-0.39, 0.29) is 6.10 Å². The van der Waals surface area contributed by atoms with Gasteiger partial charge >= 0.3 is 0 Å². The summed E-state index contributed by atoms with van der Waals surface area (Å²) in [6.07, 6.45) is 2.02. The highest BCUT2D eigenvalue weighted by molar-refractivity contribution is 7.12. The van der Waals surface area contributed by atoms with E-state index < -0.39 is 0 Å². The molecule has 0 bridgehead atoms. The fourth-order valence-electron chi connectivity index (χ4n) is 1.000. The molecule has 0 aliphatic rings. The number of hydrogen-bond donors (Lipinski definition) is 1. The summed E-state index contributed by atoms with van der Waals surface area (Å²) in [6, 6.07) is 4.12. The number of thiophene rings is 1. The Morgan fingerprint density at radius 2 is 2.27 bits per heavy atom. The van der Waals surface area contributed by atoms with Gasteiger partial charge in [-0.1, -0.05) is 13.3 Å². The predicted molar refractivity (Wildman–Crippen MR) is 48.9 cm³/mol. The lowest BCUT2D eigenvalue weighted by molar-refractivity contribution is 0.203. The van der Waals surface area contributed by atoms with Crippen molar-refractivity contribution in [2.45, 2.75) is 32.8 Å². The minimum Gasteiger partial charge on any atom is -0.388 e. The minimum atomic E-state index is -0.300. The van der Waals surface area contributed by atoms with E-state index in [1.807, 2.05) is 13.0 Å². The zero-order valence-corrected chi connectivity index (χ0v) is 7.82. The molecule has 0 amide bonds. The van der Waals surface area contributed by atoms with Gasteiger partial charge in [-0.15, -0.1) is 11.3 Å². The van der Waals surface area contributed by atoms with Gasteiger partial charge in [-0.25, -0.2) is 0 Å². The molecule has 1 atom stereocenters. The summed E-state index contributed by atoms with van der Waals surface area (Å²) in [5.41, 5.74) is 0. The van der Waals surface area contributed by atoms with E-state index in [0.29, 0.717) is 0 Å². The van der Waals surface area contributed by atoms with Gasteiger partial charge in [-0.2, -0.15) is 0 Å². The Balaban J connectivity index is 2.66. The van der Waals surface area contributed by atoms with Crippen LogP contribution in [0.15, 0.2) is 12.1 Å². The lowest BCUT2D eigenvalue weighted by Crippen LogP contribution is -1.83. The summed E-state index contributed by atoms with van der Waals surface area (Å²) in [5.74, 6) is 0. The first-order valence-electron chi connectivity index (χ1n) is 4.00. The van der Waals surface area contributed by atoms with Crippen LogP contribution >= 0.6 is 11.3 Å². The second kappa shape index (κ2) is 3.88. The summed E-state index contributed by atoms with van der Waals surface area (Å²) >= 11 is 1.72. The largest absolute Gasteiger partial charge is 0.388 e. The molecule has 0 radical (unpaired) electrons. The van der Waals surface area contributed by atoms with Crippen molar-refractivity contribution in [2.75, 3.05) is 0 Å². The number of hydrogen-bond acceptors (Lipinski definition) is 2. The van der Waals surface area contributed by atoms with Crippen LogP contribution in [0.2, 0.25) is 0 Å². The molecule has 0 aliphatic heterocycles. The van der Waals surface area contributed by atoms with E-state index in [0.717, 1.165) is 11.3 Å². The van der Waals surface area contributed by atoms with E-state index in [1.165, 1.54) is 11.3 Å². The SMILES string of the molecule is CCCc1ccc([C@H](C)O)s1. The summed E-state index contributed by atoms with van der Waals surface area (Å²) in [7, 11) is 0. The van der Waals surface area contributed by atoms with Crippen LogP contribution in [0.1, 0.15) is 36.1 Å². The molecule has 1 rings (SSSR count). The van der Waals surface area contributed by atoms with Crippen molar-refractivity contribution < 1.29 is 5.11 Å². The molecule has 1 aromatic heterocycles. The van der Waals surface area contributed by atoms with Crippen molar-refractivity contribution in [1.82, 2.24) is 0 Å². The van der Waals surface area contributed by atoms with Gasteiger partial charge in [0.05, 0.1) is 6.10 Å². The molecular formula is C9H14OS. The van der Waals surface area contributed by atoms with Crippen LogP contribution in [0.25, 0.3) is 0 Å². The molecule has 1 nitrogen and oxygen atoms in total. The Labute approximate surface area is 71.7 Å². The monoisotopic (exact) mass is 170 g/mol. The van der Waals surface area contributed by atoms with Crippen molar-refractivity contribution in [3.8, 4) is 0 Å². The normalized spacial score (nSPS) is 13.4. The molecule has 11 heavy (non-hydrogen) atoms. The molecule has 0 unspecified atom stereocenters. The maximum Gasteiger partial charge on any atom is 0.0854 e. The second-order valence-corrected chi connectivity index (χ2v) is 3.93. The Morgan fingerprint density at radius 3 is 2.73 bits per heavy atom. The van der Waals surface area contributed by atoms with Crippen LogP contribution in [0, 0.1) is 0 Å². The van der Waals surface area contributed by atoms with Crippen LogP contribution in [-0.4, -0.2) is 5.11 Å². The van der Waals surface area contributed by atoms with Gasteiger partial charge in [0.1, 0.15) is 0 Å². The van der Waals surface area contributed by atoms with Crippen molar-refractivity contribution in [3.63, 3.8) is 0 Å². The number of rotatable bonds is 3. The molecule has 0 fully saturated rings. The lowest BCUT2D eigenvalue weighted by Gasteiger charge is -1.96. The average Bonchev–Trinajstić information content (AvgIpc) is 2.37. The van der Waals surface area contributed by atoms with E-state index in [9.17, 15) is 5.11 Å². The lowest BCUT2D eigenvalue weighted by atomic mass is 10.3.